The van der Waals surface area contributed by atoms with Gasteiger partial charge in [-0.2, -0.15) is 0 Å². The first-order chi connectivity index (χ1) is 8.70. The molecule has 0 aromatic carbocycles. The second-order valence-corrected chi connectivity index (χ2v) is 4.01. The molecule has 0 amide bonds. The Morgan fingerprint density at radius 1 is 1.44 bits per heavy atom. The number of pyridine rings is 2. The van der Waals surface area contributed by atoms with E-state index in [0.717, 1.165) is 10.9 Å². The first-order valence-electron chi connectivity index (χ1n) is 5.40. The highest BCUT2D eigenvalue weighted by Gasteiger charge is 2.20. The van der Waals surface area contributed by atoms with Gasteiger partial charge in [0, 0.05) is 10.9 Å². The fraction of sp³-hybridized carbons (Fsp3) is 0.250. The normalized spacial score (nSPS) is 13.6. The van der Waals surface area contributed by atoms with Crippen molar-refractivity contribution < 1.29 is 14.3 Å². The molecule has 92 valence electrons. The number of aromatic amines is 1. The van der Waals surface area contributed by atoms with Gasteiger partial charge < -0.3 is 14.5 Å². The van der Waals surface area contributed by atoms with Crippen LogP contribution in [0.2, 0.25) is 0 Å². The van der Waals surface area contributed by atoms with Gasteiger partial charge in [-0.25, -0.2) is 9.78 Å². The molecule has 2 aromatic rings. The van der Waals surface area contributed by atoms with Gasteiger partial charge in [-0.3, -0.25) is 4.79 Å². The lowest BCUT2D eigenvalue weighted by molar-refractivity contribution is 0.0594. The van der Waals surface area contributed by atoms with Gasteiger partial charge in [-0.1, -0.05) is 0 Å². The lowest BCUT2D eigenvalue weighted by atomic mass is 10.1. The number of hydrogen-bond donors (Lipinski definition) is 1. The van der Waals surface area contributed by atoms with Crippen LogP contribution in [0.3, 0.4) is 0 Å². The van der Waals surface area contributed by atoms with E-state index in [1.165, 1.54) is 13.3 Å². The second kappa shape index (κ2) is 3.92. The van der Waals surface area contributed by atoms with Crippen LogP contribution in [0, 0.1) is 0 Å². The molecule has 18 heavy (non-hydrogen) atoms. The van der Waals surface area contributed by atoms with Crippen LogP contribution in [0.4, 0.5) is 0 Å². The molecule has 0 fully saturated rings. The van der Waals surface area contributed by atoms with Crippen LogP contribution in [-0.4, -0.2) is 23.0 Å². The molecule has 6 nitrogen and oxygen atoms in total. The minimum Gasteiger partial charge on any atom is -0.464 e. The van der Waals surface area contributed by atoms with Crippen molar-refractivity contribution >= 4 is 16.9 Å². The SMILES string of the molecule is COC(=O)c1cc2c3c(c(=O)[nH]c2cn1)COC3. The average Bonchev–Trinajstić information content (AvgIpc) is 2.88. The van der Waals surface area contributed by atoms with Gasteiger partial charge in [0.25, 0.3) is 5.56 Å². The molecule has 0 spiro atoms. The van der Waals surface area contributed by atoms with Crippen molar-refractivity contribution in [3.8, 4) is 0 Å². The molecule has 0 unspecified atom stereocenters. The molecular formula is C12H10N2O4. The summed E-state index contributed by atoms with van der Waals surface area (Å²) in [7, 11) is 1.30. The largest absolute Gasteiger partial charge is 0.464 e. The van der Waals surface area contributed by atoms with E-state index in [2.05, 4.69) is 14.7 Å². The molecule has 0 saturated carbocycles. The van der Waals surface area contributed by atoms with Crippen molar-refractivity contribution in [1.29, 1.82) is 0 Å². The molecule has 2 aromatic heterocycles. The van der Waals surface area contributed by atoms with Crippen molar-refractivity contribution in [3.63, 3.8) is 0 Å². The second-order valence-electron chi connectivity index (χ2n) is 4.01. The zero-order valence-corrected chi connectivity index (χ0v) is 9.65. The number of methoxy groups -OCH3 is 1. The van der Waals surface area contributed by atoms with Crippen molar-refractivity contribution in [3.05, 3.63) is 39.4 Å². The first kappa shape index (κ1) is 10.9. The maximum atomic E-state index is 11.7. The Morgan fingerprint density at radius 2 is 2.22 bits per heavy atom. The molecule has 0 bridgehead atoms. The average molecular weight is 246 g/mol. The fourth-order valence-corrected chi connectivity index (χ4v) is 2.09. The third-order valence-electron chi connectivity index (χ3n) is 3.00. The van der Waals surface area contributed by atoms with Gasteiger partial charge in [0.1, 0.15) is 5.69 Å². The molecule has 1 aliphatic rings. The van der Waals surface area contributed by atoms with E-state index in [0.29, 0.717) is 24.3 Å². The molecule has 0 saturated heterocycles. The summed E-state index contributed by atoms with van der Waals surface area (Å²) in [5.41, 5.74) is 2.08. The predicted octanol–water partition coefficient (Wildman–Crippen LogP) is 0.740. The third-order valence-corrected chi connectivity index (χ3v) is 3.00. The van der Waals surface area contributed by atoms with Crippen LogP contribution in [0.25, 0.3) is 10.9 Å². The van der Waals surface area contributed by atoms with Crippen molar-refractivity contribution in [2.75, 3.05) is 7.11 Å². The Hall–Kier alpha value is -2.21. The number of nitrogens with zero attached hydrogens (tertiary/aromatic N) is 1. The number of aromatic nitrogens is 2. The van der Waals surface area contributed by atoms with Crippen LogP contribution >= 0.6 is 0 Å². The summed E-state index contributed by atoms with van der Waals surface area (Å²) in [4.78, 5) is 29.9. The molecule has 1 N–H and O–H groups in total. The summed E-state index contributed by atoms with van der Waals surface area (Å²) in [6.07, 6.45) is 1.46. The van der Waals surface area contributed by atoms with E-state index in [1.54, 1.807) is 6.07 Å². The maximum Gasteiger partial charge on any atom is 0.356 e. The Kier molecular flexibility index (Phi) is 2.38. The number of rotatable bonds is 1. The molecule has 1 aliphatic heterocycles. The monoisotopic (exact) mass is 246 g/mol. The van der Waals surface area contributed by atoms with E-state index < -0.39 is 5.97 Å². The Labute approximate surface area is 102 Å². The summed E-state index contributed by atoms with van der Waals surface area (Å²) in [5, 5.41) is 0.775. The van der Waals surface area contributed by atoms with Crippen molar-refractivity contribution in [2.24, 2.45) is 0 Å². The van der Waals surface area contributed by atoms with E-state index >= 15 is 0 Å². The van der Waals surface area contributed by atoms with E-state index in [-0.39, 0.29) is 11.3 Å². The number of fused-ring (bicyclic) bond motifs is 3. The number of carbonyl (C=O) groups excluding carboxylic acids is 1. The standard InChI is InChI=1S/C12H10N2O4/c1-17-12(16)9-2-6-7-4-18-5-8(7)11(15)14-10(6)3-13-9/h2-3H,4-5H2,1H3,(H,14,15). The van der Waals surface area contributed by atoms with Crippen LogP contribution < -0.4 is 5.56 Å². The van der Waals surface area contributed by atoms with Gasteiger partial charge in [0.05, 0.1) is 32.0 Å². The Bertz CT molecular complexity index is 705. The van der Waals surface area contributed by atoms with E-state index in [1.807, 2.05) is 0 Å². The highest BCUT2D eigenvalue weighted by atomic mass is 16.5. The van der Waals surface area contributed by atoms with E-state index in [4.69, 9.17) is 4.74 Å². The number of hydrogen-bond acceptors (Lipinski definition) is 5. The van der Waals surface area contributed by atoms with Gasteiger partial charge in [0.15, 0.2) is 0 Å². The zero-order chi connectivity index (χ0) is 12.7. The van der Waals surface area contributed by atoms with Crippen molar-refractivity contribution in [1.82, 2.24) is 9.97 Å². The van der Waals surface area contributed by atoms with Gasteiger partial charge >= 0.3 is 5.97 Å². The number of esters is 1. The molecule has 3 rings (SSSR count). The number of ether oxygens (including phenoxy) is 2. The highest BCUT2D eigenvalue weighted by molar-refractivity contribution is 5.93. The summed E-state index contributed by atoms with van der Waals surface area (Å²) in [6, 6.07) is 1.62. The summed E-state index contributed by atoms with van der Waals surface area (Å²) in [6.45, 7) is 0.677. The quantitative estimate of drug-likeness (QED) is 0.750. The van der Waals surface area contributed by atoms with Crippen LogP contribution in [-0.2, 0) is 22.7 Å². The summed E-state index contributed by atoms with van der Waals surface area (Å²) < 4.78 is 9.90. The van der Waals surface area contributed by atoms with Crippen LogP contribution in [0.5, 0.6) is 0 Å². The number of nitrogens with one attached hydrogen (secondary N) is 1. The number of H-pyrrole nitrogens is 1. The van der Waals surface area contributed by atoms with E-state index in [9.17, 15) is 9.59 Å². The molecule has 6 heteroatoms. The molecular weight excluding hydrogens is 236 g/mol. The highest BCUT2D eigenvalue weighted by Crippen LogP contribution is 2.24. The Morgan fingerprint density at radius 3 is 3.00 bits per heavy atom. The minimum atomic E-state index is -0.504. The fourth-order valence-electron chi connectivity index (χ4n) is 2.09. The van der Waals surface area contributed by atoms with Crippen molar-refractivity contribution in [2.45, 2.75) is 13.2 Å². The van der Waals surface area contributed by atoms with Gasteiger partial charge in [-0.05, 0) is 11.6 Å². The third kappa shape index (κ3) is 1.50. The zero-order valence-electron chi connectivity index (χ0n) is 9.65. The molecule has 0 radical (unpaired) electrons. The summed E-state index contributed by atoms with van der Waals surface area (Å²) in [5.74, 6) is -0.504. The smallest absolute Gasteiger partial charge is 0.356 e. The topological polar surface area (TPSA) is 81.3 Å². The first-order valence-corrected chi connectivity index (χ1v) is 5.40. The predicted molar refractivity (Wildman–Crippen MR) is 62.2 cm³/mol. The van der Waals surface area contributed by atoms with Crippen LogP contribution in [0.1, 0.15) is 21.6 Å². The number of carbonyl (C=O) groups is 1. The lowest BCUT2D eigenvalue weighted by Gasteiger charge is -2.05. The maximum absolute atomic E-state index is 11.7. The molecule has 0 aliphatic carbocycles. The lowest BCUT2D eigenvalue weighted by Crippen LogP contribution is -2.13. The van der Waals surface area contributed by atoms with Gasteiger partial charge in [0.2, 0.25) is 0 Å². The molecule has 0 atom stereocenters. The summed E-state index contributed by atoms with van der Waals surface area (Å²) >= 11 is 0. The van der Waals surface area contributed by atoms with Gasteiger partial charge in [-0.15, -0.1) is 0 Å². The minimum absolute atomic E-state index is 0.164. The molecule has 3 heterocycles. The Balaban J connectivity index is 2.31. The van der Waals surface area contributed by atoms with Crippen LogP contribution in [0.15, 0.2) is 17.1 Å².